The van der Waals surface area contributed by atoms with Crippen LogP contribution in [0.3, 0.4) is 0 Å². The molecule has 2 aliphatic rings. The molecule has 0 bridgehead atoms. The van der Waals surface area contributed by atoms with Crippen molar-refractivity contribution in [3.8, 4) is 0 Å². The molecule has 0 aromatic carbocycles. The van der Waals surface area contributed by atoms with Crippen LogP contribution in [0.4, 0.5) is 4.79 Å². The SMILES string of the molecule is O=C(NCC1CCC1)NC1C=CC(C(=O)O)C1. The Morgan fingerprint density at radius 1 is 1.29 bits per heavy atom. The van der Waals surface area contributed by atoms with E-state index < -0.39 is 11.9 Å². The zero-order chi connectivity index (χ0) is 12.3. The third-order valence-corrected chi connectivity index (χ3v) is 3.49. The lowest BCUT2D eigenvalue weighted by Crippen LogP contribution is -2.43. The molecular weight excluding hydrogens is 220 g/mol. The van der Waals surface area contributed by atoms with Gasteiger partial charge in [-0.1, -0.05) is 18.6 Å². The number of amides is 2. The van der Waals surface area contributed by atoms with E-state index >= 15 is 0 Å². The summed E-state index contributed by atoms with van der Waals surface area (Å²) in [6.45, 7) is 0.727. The number of hydrogen-bond acceptors (Lipinski definition) is 2. The molecule has 2 amide bonds. The van der Waals surface area contributed by atoms with Gasteiger partial charge in [0.2, 0.25) is 0 Å². The van der Waals surface area contributed by atoms with Crippen molar-refractivity contribution in [1.82, 2.24) is 10.6 Å². The van der Waals surface area contributed by atoms with Gasteiger partial charge in [0, 0.05) is 6.54 Å². The van der Waals surface area contributed by atoms with Gasteiger partial charge in [-0.25, -0.2) is 4.79 Å². The largest absolute Gasteiger partial charge is 0.481 e. The van der Waals surface area contributed by atoms with Crippen LogP contribution in [-0.2, 0) is 4.79 Å². The Morgan fingerprint density at radius 2 is 2.06 bits per heavy atom. The Bertz CT molecular complexity index is 337. The summed E-state index contributed by atoms with van der Waals surface area (Å²) in [4.78, 5) is 22.2. The number of carboxylic acids is 1. The van der Waals surface area contributed by atoms with E-state index in [-0.39, 0.29) is 12.1 Å². The van der Waals surface area contributed by atoms with Crippen LogP contribution in [0.2, 0.25) is 0 Å². The van der Waals surface area contributed by atoms with Crippen molar-refractivity contribution in [3.05, 3.63) is 12.2 Å². The Morgan fingerprint density at radius 3 is 2.59 bits per heavy atom. The second-order valence-corrected chi connectivity index (χ2v) is 4.82. The molecule has 5 nitrogen and oxygen atoms in total. The van der Waals surface area contributed by atoms with Crippen molar-refractivity contribution >= 4 is 12.0 Å². The molecule has 1 saturated carbocycles. The predicted molar refractivity (Wildman–Crippen MR) is 62.5 cm³/mol. The summed E-state index contributed by atoms with van der Waals surface area (Å²) in [5, 5.41) is 14.4. The highest BCUT2D eigenvalue weighted by atomic mass is 16.4. The first-order valence-electron chi connectivity index (χ1n) is 6.10. The third kappa shape index (κ3) is 3.22. The lowest BCUT2D eigenvalue weighted by molar-refractivity contribution is -0.140. The number of rotatable bonds is 4. The van der Waals surface area contributed by atoms with Crippen LogP contribution in [0.15, 0.2) is 12.2 Å². The Hall–Kier alpha value is -1.52. The van der Waals surface area contributed by atoms with Gasteiger partial charge in [-0.2, -0.15) is 0 Å². The molecule has 17 heavy (non-hydrogen) atoms. The molecule has 0 saturated heterocycles. The summed E-state index contributed by atoms with van der Waals surface area (Å²) in [6, 6.07) is -0.352. The van der Waals surface area contributed by atoms with Crippen LogP contribution in [-0.4, -0.2) is 29.7 Å². The number of hydrogen-bond donors (Lipinski definition) is 3. The molecule has 0 aliphatic heterocycles. The molecule has 2 atom stereocenters. The normalized spacial score (nSPS) is 27.5. The van der Waals surface area contributed by atoms with Crippen molar-refractivity contribution in [1.29, 1.82) is 0 Å². The number of nitrogens with one attached hydrogen (secondary N) is 2. The Labute approximate surface area is 100 Å². The van der Waals surface area contributed by atoms with E-state index in [1.54, 1.807) is 12.2 Å². The summed E-state index contributed by atoms with van der Waals surface area (Å²) in [6.07, 6.45) is 7.50. The van der Waals surface area contributed by atoms with Gasteiger partial charge in [-0.05, 0) is 25.2 Å². The van der Waals surface area contributed by atoms with Gasteiger partial charge >= 0.3 is 12.0 Å². The lowest BCUT2D eigenvalue weighted by Gasteiger charge is -2.25. The van der Waals surface area contributed by atoms with E-state index in [2.05, 4.69) is 10.6 Å². The first kappa shape index (κ1) is 12.0. The van der Waals surface area contributed by atoms with E-state index in [1.807, 2.05) is 0 Å². The summed E-state index contributed by atoms with van der Waals surface area (Å²) in [5.74, 6) is -0.668. The topological polar surface area (TPSA) is 78.4 Å². The first-order valence-corrected chi connectivity index (χ1v) is 6.10. The minimum atomic E-state index is -0.833. The van der Waals surface area contributed by atoms with Crippen molar-refractivity contribution in [2.24, 2.45) is 11.8 Å². The van der Waals surface area contributed by atoms with Crippen molar-refractivity contribution in [2.45, 2.75) is 31.7 Å². The highest BCUT2D eigenvalue weighted by molar-refractivity contribution is 5.76. The van der Waals surface area contributed by atoms with Gasteiger partial charge < -0.3 is 15.7 Å². The molecule has 2 rings (SSSR count). The van der Waals surface area contributed by atoms with E-state index in [1.165, 1.54) is 19.3 Å². The number of carboxylic acid groups (broad SMARTS) is 1. The molecule has 1 fully saturated rings. The van der Waals surface area contributed by atoms with E-state index in [4.69, 9.17) is 5.11 Å². The molecule has 5 heteroatoms. The van der Waals surface area contributed by atoms with Crippen LogP contribution in [0, 0.1) is 11.8 Å². The molecule has 0 aromatic heterocycles. The summed E-state index contributed by atoms with van der Waals surface area (Å²) in [5.41, 5.74) is 0. The fraction of sp³-hybridized carbons (Fsp3) is 0.667. The highest BCUT2D eigenvalue weighted by Crippen LogP contribution is 2.25. The van der Waals surface area contributed by atoms with Crippen LogP contribution in [0.1, 0.15) is 25.7 Å². The first-order chi connectivity index (χ1) is 8.15. The molecule has 94 valence electrons. The zero-order valence-corrected chi connectivity index (χ0v) is 9.69. The Kier molecular flexibility index (Phi) is 3.66. The second kappa shape index (κ2) is 5.21. The van der Waals surface area contributed by atoms with Crippen LogP contribution in [0.25, 0.3) is 0 Å². The maximum absolute atomic E-state index is 11.5. The molecule has 2 unspecified atom stereocenters. The van der Waals surface area contributed by atoms with Crippen LogP contribution >= 0.6 is 0 Å². The maximum atomic E-state index is 11.5. The Balaban J connectivity index is 1.65. The quantitative estimate of drug-likeness (QED) is 0.642. The predicted octanol–water partition coefficient (Wildman–Crippen LogP) is 1.11. The smallest absolute Gasteiger partial charge is 0.315 e. The molecular formula is C12H18N2O3. The van der Waals surface area contributed by atoms with Crippen molar-refractivity contribution in [2.75, 3.05) is 6.54 Å². The number of carbonyl (C=O) groups is 2. The molecule has 0 aromatic rings. The number of aliphatic carboxylic acids is 1. The van der Waals surface area contributed by atoms with Gasteiger partial charge in [0.15, 0.2) is 0 Å². The van der Waals surface area contributed by atoms with Gasteiger partial charge in [-0.15, -0.1) is 0 Å². The zero-order valence-electron chi connectivity index (χ0n) is 9.69. The van der Waals surface area contributed by atoms with E-state index in [0.29, 0.717) is 12.3 Å². The monoisotopic (exact) mass is 238 g/mol. The highest BCUT2D eigenvalue weighted by Gasteiger charge is 2.25. The molecule has 2 aliphatic carbocycles. The molecule has 0 heterocycles. The van der Waals surface area contributed by atoms with Crippen LogP contribution in [0.5, 0.6) is 0 Å². The van der Waals surface area contributed by atoms with Gasteiger partial charge in [-0.3, -0.25) is 4.79 Å². The fourth-order valence-corrected chi connectivity index (χ4v) is 2.14. The molecule has 3 N–H and O–H groups in total. The van der Waals surface area contributed by atoms with E-state index in [0.717, 1.165) is 6.54 Å². The summed E-state index contributed by atoms with van der Waals surface area (Å²) >= 11 is 0. The standard InChI is InChI=1S/C12H18N2O3/c15-11(16)9-4-5-10(6-9)14-12(17)13-7-8-2-1-3-8/h4-5,8-10H,1-3,6-7H2,(H,15,16)(H2,13,14,17). The number of urea groups is 1. The maximum Gasteiger partial charge on any atom is 0.315 e. The van der Waals surface area contributed by atoms with Gasteiger partial charge in [0.1, 0.15) is 0 Å². The van der Waals surface area contributed by atoms with Crippen LogP contribution < -0.4 is 10.6 Å². The summed E-state index contributed by atoms with van der Waals surface area (Å²) < 4.78 is 0. The van der Waals surface area contributed by atoms with Gasteiger partial charge in [0.25, 0.3) is 0 Å². The second-order valence-electron chi connectivity index (χ2n) is 4.82. The minimum absolute atomic E-state index is 0.155. The molecule has 0 spiro atoms. The number of carbonyl (C=O) groups excluding carboxylic acids is 1. The van der Waals surface area contributed by atoms with E-state index in [9.17, 15) is 9.59 Å². The summed E-state index contributed by atoms with van der Waals surface area (Å²) in [7, 11) is 0. The fourth-order valence-electron chi connectivity index (χ4n) is 2.14. The van der Waals surface area contributed by atoms with Crippen molar-refractivity contribution < 1.29 is 14.7 Å². The van der Waals surface area contributed by atoms with Gasteiger partial charge in [0.05, 0.1) is 12.0 Å². The lowest BCUT2D eigenvalue weighted by atomic mass is 9.85. The third-order valence-electron chi connectivity index (χ3n) is 3.49. The van der Waals surface area contributed by atoms with Crippen molar-refractivity contribution in [3.63, 3.8) is 0 Å². The molecule has 0 radical (unpaired) electrons. The minimum Gasteiger partial charge on any atom is -0.481 e. The average molecular weight is 238 g/mol. The average Bonchev–Trinajstić information content (AvgIpc) is 2.63.